The Morgan fingerprint density at radius 3 is 2.81 bits per heavy atom. The van der Waals surface area contributed by atoms with E-state index in [0.29, 0.717) is 9.58 Å². The summed E-state index contributed by atoms with van der Waals surface area (Å²) in [5, 5.41) is 4.00. The number of amides is 1. The van der Waals surface area contributed by atoms with Crippen molar-refractivity contribution in [1.82, 2.24) is 19.7 Å². The highest BCUT2D eigenvalue weighted by Gasteiger charge is 2.29. The number of hydrogen-bond donors (Lipinski definition) is 0. The van der Waals surface area contributed by atoms with Gasteiger partial charge in [-0.3, -0.25) is 14.5 Å². The summed E-state index contributed by atoms with van der Waals surface area (Å²) >= 11 is 0. The number of halogens is 2. The third-order valence-corrected chi connectivity index (χ3v) is 5.07. The molecule has 2 aromatic heterocycles. The lowest BCUT2D eigenvalue weighted by atomic mass is 9.99. The number of hydrogen-bond acceptors (Lipinski definition) is 4. The largest absolute Gasteiger partial charge is 0.497 e. The van der Waals surface area contributed by atoms with Gasteiger partial charge < -0.3 is 9.64 Å². The minimum atomic E-state index is -2.90. The second kappa shape index (κ2) is 7.16. The molecule has 1 aliphatic rings. The van der Waals surface area contributed by atoms with Gasteiger partial charge >= 0.3 is 0 Å². The summed E-state index contributed by atoms with van der Waals surface area (Å²) in [5.74, 6) is -3.29. The Balaban J connectivity index is 1.59. The zero-order chi connectivity index (χ0) is 28.5. The van der Waals surface area contributed by atoms with Crippen molar-refractivity contribution in [3.8, 4) is 16.9 Å². The highest BCUT2D eigenvalue weighted by molar-refractivity contribution is 5.98. The van der Waals surface area contributed by atoms with Crippen LogP contribution in [0.5, 0.6) is 5.75 Å². The Morgan fingerprint density at radius 1 is 1.23 bits per heavy atom. The molecule has 0 saturated carbocycles. The Hall–Kier alpha value is -3.81. The maximum Gasteiger partial charge on any atom is 0.256 e. The van der Waals surface area contributed by atoms with E-state index in [1.165, 1.54) is 30.6 Å². The molecule has 156 valence electrons. The van der Waals surface area contributed by atoms with Crippen LogP contribution in [0.4, 0.5) is 8.78 Å². The van der Waals surface area contributed by atoms with Gasteiger partial charge in [0.1, 0.15) is 17.4 Å². The molecule has 1 aliphatic heterocycles. The molecule has 0 bridgehead atoms. The van der Waals surface area contributed by atoms with E-state index in [-0.39, 0.29) is 39.0 Å². The molecule has 0 aliphatic carbocycles. The number of carbonyl (C=O) groups is 1. The van der Waals surface area contributed by atoms with Gasteiger partial charge in [0.25, 0.3) is 5.91 Å². The van der Waals surface area contributed by atoms with Crippen LogP contribution < -0.4 is 4.74 Å². The van der Waals surface area contributed by atoms with Gasteiger partial charge in [0.05, 0.1) is 49.9 Å². The first-order chi connectivity index (χ1) is 18.1. The van der Waals surface area contributed by atoms with E-state index in [2.05, 4.69) is 10.1 Å². The van der Waals surface area contributed by atoms with E-state index in [0.717, 1.165) is 18.2 Å². The van der Waals surface area contributed by atoms with Gasteiger partial charge in [-0.15, -0.1) is 0 Å². The molecule has 4 aromatic rings. The van der Waals surface area contributed by atoms with Crippen LogP contribution in [0, 0.1) is 11.6 Å². The van der Waals surface area contributed by atoms with E-state index in [1.54, 1.807) is 0 Å². The summed E-state index contributed by atoms with van der Waals surface area (Å²) in [4.78, 5) is 17.4. The lowest BCUT2D eigenvalue weighted by Crippen LogP contribution is -2.24. The van der Waals surface area contributed by atoms with Gasteiger partial charge in [-0.1, -0.05) is 0 Å². The molecule has 5 rings (SSSR count). The summed E-state index contributed by atoms with van der Waals surface area (Å²) in [7, 11) is -2.90. The van der Waals surface area contributed by atoms with Crippen molar-refractivity contribution in [1.29, 1.82) is 0 Å². The first-order valence-corrected chi connectivity index (χ1v) is 9.05. The number of rotatable bonds is 4. The number of benzene rings is 2. The van der Waals surface area contributed by atoms with Crippen LogP contribution in [-0.2, 0) is 20.0 Å². The monoisotopic (exact) mass is 428 g/mol. The fraction of sp³-hybridized carbons (Fsp3) is 0.174. The molecule has 0 radical (unpaired) electrons. The summed E-state index contributed by atoms with van der Waals surface area (Å²) in [6.45, 7) is -5.90. The van der Waals surface area contributed by atoms with Gasteiger partial charge in [-0.05, 0) is 41.5 Å². The normalized spacial score (nSPS) is 19.4. The molecule has 1 amide bonds. The Kier molecular flexibility index (Phi) is 2.80. The van der Waals surface area contributed by atoms with Crippen LogP contribution in [-0.4, -0.2) is 32.6 Å². The molecule has 31 heavy (non-hydrogen) atoms. The smallest absolute Gasteiger partial charge is 0.256 e. The van der Waals surface area contributed by atoms with Crippen molar-refractivity contribution in [2.24, 2.45) is 6.98 Å². The van der Waals surface area contributed by atoms with E-state index < -0.39 is 50.2 Å². The zero-order valence-electron chi connectivity index (χ0n) is 23.7. The zero-order valence-corrected chi connectivity index (χ0v) is 15.7. The Labute approximate surface area is 187 Å². The minimum Gasteiger partial charge on any atom is -0.497 e. The molecule has 8 heteroatoms. The maximum absolute atomic E-state index is 15.4. The molecule has 3 heterocycles. The van der Waals surface area contributed by atoms with Crippen molar-refractivity contribution in [2.45, 2.75) is 13.0 Å². The first kappa shape index (κ1) is 12.1. The van der Waals surface area contributed by atoms with Gasteiger partial charge in [0.2, 0.25) is 0 Å². The second-order valence-corrected chi connectivity index (χ2v) is 6.88. The molecule has 2 aromatic carbocycles. The van der Waals surface area contributed by atoms with Crippen LogP contribution in [0.3, 0.4) is 0 Å². The van der Waals surface area contributed by atoms with Gasteiger partial charge in [-0.2, -0.15) is 5.10 Å². The van der Waals surface area contributed by atoms with E-state index >= 15 is 8.78 Å². The predicted molar refractivity (Wildman–Crippen MR) is 110 cm³/mol. The average Bonchev–Trinajstić information content (AvgIpc) is 3.33. The maximum atomic E-state index is 15.4. The molecular weight excluding hydrogens is 402 g/mol. The number of nitrogens with zero attached hydrogens (tertiary/aromatic N) is 4. The lowest BCUT2D eigenvalue weighted by molar-refractivity contribution is 0.0763. The van der Waals surface area contributed by atoms with E-state index in [9.17, 15) is 4.79 Å². The minimum absolute atomic E-state index is 0.0142. The summed E-state index contributed by atoms with van der Waals surface area (Å²) in [6, 6.07) is 7.00. The van der Waals surface area contributed by atoms with E-state index in [1.807, 2.05) is 0 Å². The van der Waals surface area contributed by atoms with Crippen molar-refractivity contribution in [3.05, 3.63) is 77.2 Å². The Bertz CT molecular complexity index is 1610. The standard InChI is InChI=1S/C23H18F2N4O2/c1-28-22-9-14(31-2)8-16(17(22)10-27-28)13-6-19(24)18(20(25)7-13)11-29-12-21-15(23(29)30)4-3-5-26-21/h3-10H,11-12H2,1-2H3/i1D3,2D3,12D2. The first-order valence-electron chi connectivity index (χ1n) is 13.0. The molecule has 0 fully saturated rings. The number of ether oxygens (including phenoxy) is 1. The fourth-order valence-corrected chi connectivity index (χ4v) is 3.57. The summed E-state index contributed by atoms with van der Waals surface area (Å²) in [5.41, 5.74) is -0.881. The van der Waals surface area contributed by atoms with Crippen LogP contribution in [0.1, 0.15) is 32.6 Å². The third-order valence-electron chi connectivity index (χ3n) is 5.07. The van der Waals surface area contributed by atoms with Gasteiger partial charge in [0.15, 0.2) is 0 Å². The fourth-order valence-electron chi connectivity index (χ4n) is 3.57. The number of carbonyl (C=O) groups excluding carboxylic acids is 1. The van der Waals surface area contributed by atoms with Crippen molar-refractivity contribution >= 4 is 16.8 Å². The molecular formula is C23H18F2N4O2. The summed E-state index contributed by atoms with van der Waals surface area (Å²) < 4.78 is 98.2. The summed E-state index contributed by atoms with van der Waals surface area (Å²) in [6.07, 6.45) is 2.48. The van der Waals surface area contributed by atoms with Gasteiger partial charge in [0, 0.05) is 34.3 Å². The average molecular weight is 428 g/mol. The van der Waals surface area contributed by atoms with Crippen molar-refractivity contribution in [2.75, 3.05) is 7.04 Å². The van der Waals surface area contributed by atoms with Crippen LogP contribution in [0.15, 0.2) is 48.8 Å². The third kappa shape index (κ3) is 3.11. The van der Waals surface area contributed by atoms with Crippen LogP contribution >= 0.6 is 0 Å². The molecule has 0 N–H and O–H groups in total. The Morgan fingerprint density at radius 2 is 2.06 bits per heavy atom. The number of methoxy groups -OCH3 is 1. The van der Waals surface area contributed by atoms with Crippen molar-refractivity contribution in [3.63, 3.8) is 0 Å². The highest BCUT2D eigenvalue weighted by atomic mass is 19.1. The van der Waals surface area contributed by atoms with Crippen LogP contribution in [0.2, 0.25) is 0 Å². The highest BCUT2D eigenvalue weighted by Crippen LogP contribution is 2.35. The molecule has 0 saturated heterocycles. The number of aromatic nitrogens is 3. The van der Waals surface area contributed by atoms with E-state index in [4.69, 9.17) is 15.7 Å². The molecule has 0 atom stereocenters. The molecule has 0 unspecified atom stereocenters. The predicted octanol–water partition coefficient (Wildman–Crippen LogP) is 4.08. The van der Waals surface area contributed by atoms with Crippen LogP contribution in [0.25, 0.3) is 22.0 Å². The number of fused-ring (bicyclic) bond motifs is 2. The molecule has 6 nitrogen and oxygen atoms in total. The SMILES string of the molecule is [2H]C([2H])([2H])Oc1cc(-c2cc(F)c(CN3C(=O)c4cccnc4C3([2H])[2H])c(F)c2)c2cnn(C([2H])([2H])[2H])c2c1. The number of aryl methyl sites for hydroxylation is 1. The molecule has 0 spiro atoms. The second-order valence-electron chi connectivity index (χ2n) is 6.88. The lowest BCUT2D eigenvalue weighted by Gasteiger charge is -2.17. The van der Waals surface area contributed by atoms with Crippen molar-refractivity contribution < 1.29 is 29.3 Å². The van der Waals surface area contributed by atoms with Gasteiger partial charge in [-0.25, -0.2) is 8.78 Å². The quantitative estimate of drug-likeness (QED) is 0.492. The topological polar surface area (TPSA) is 60.2 Å². The number of pyridine rings is 1.